The lowest BCUT2D eigenvalue weighted by molar-refractivity contribution is -0.139. The highest BCUT2D eigenvalue weighted by molar-refractivity contribution is 6.06. The van der Waals surface area contributed by atoms with Crippen molar-refractivity contribution in [3.05, 3.63) is 42.1 Å². The lowest BCUT2D eigenvalue weighted by Gasteiger charge is -2.14. The van der Waals surface area contributed by atoms with Crippen LogP contribution in [-0.2, 0) is 4.79 Å². The van der Waals surface area contributed by atoms with Crippen molar-refractivity contribution in [1.29, 1.82) is 5.26 Å². The second kappa shape index (κ2) is 7.18. The second-order valence-corrected chi connectivity index (χ2v) is 4.79. The molecule has 2 aromatic rings. The Bertz CT molecular complexity index is 731. The molecule has 1 atom stereocenters. The maximum atomic E-state index is 12.3. The molecule has 0 radical (unpaired) electrons. The summed E-state index contributed by atoms with van der Waals surface area (Å²) in [6.07, 6.45) is 2.42. The third kappa shape index (κ3) is 3.58. The Labute approximate surface area is 127 Å². The first-order valence-corrected chi connectivity index (χ1v) is 6.88. The van der Waals surface area contributed by atoms with Crippen LogP contribution in [-0.4, -0.2) is 28.0 Å². The first kappa shape index (κ1) is 15.4. The van der Waals surface area contributed by atoms with E-state index in [0.717, 1.165) is 0 Å². The minimum Gasteiger partial charge on any atom is -0.480 e. The minimum absolute atomic E-state index is 0.220. The minimum atomic E-state index is -1.11. The molecule has 0 bridgehead atoms. The number of carboxylic acid groups (broad SMARTS) is 1. The van der Waals surface area contributed by atoms with E-state index >= 15 is 0 Å². The van der Waals surface area contributed by atoms with Crippen LogP contribution < -0.4 is 5.32 Å². The van der Waals surface area contributed by atoms with Crippen LogP contribution in [0.1, 0.15) is 29.6 Å². The van der Waals surface area contributed by atoms with Crippen molar-refractivity contribution in [2.45, 2.75) is 25.3 Å². The molecule has 2 N–H and O–H groups in total. The highest BCUT2D eigenvalue weighted by Gasteiger charge is 2.21. The fraction of sp³-hybridized carbons (Fsp3) is 0.250. The zero-order valence-corrected chi connectivity index (χ0v) is 11.8. The van der Waals surface area contributed by atoms with Gasteiger partial charge >= 0.3 is 5.97 Å². The number of nitriles is 1. The summed E-state index contributed by atoms with van der Waals surface area (Å²) in [5.41, 5.74) is 1.06. The summed E-state index contributed by atoms with van der Waals surface area (Å²) < 4.78 is 0. The van der Waals surface area contributed by atoms with E-state index in [1.165, 1.54) is 6.20 Å². The number of amides is 1. The van der Waals surface area contributed by atoms with Gasteiger partial charge in [-0.25, -0.2) is 4.79 Å². The molecule has 0 spiro atoms. The molecule has 6 heteroatoms. The number of aliphatic carboxylic acids is 1. The number of nitrogens with one attached hydrogen (secondary N) is 1. The molecule has 0 aliphatic carbocycles. The number of hydrogen-bond acceptors (Lipinski definition) is 4. The van der Waals surface area contributed by atoms with Crippen LogP contribution in [0.25, 0.3) is 10.9 Å². The van der Waals surface area contributed by atoms with Crippen LogP contribution in [0.5, 0.6) is 0 Å². The van der Waals surface area contributed by atoms with Gasteiger partial charge in [0.15, 0.2) is 0 Å². The number of carboxylic acids is 1. The lowest BCUT2D eigenvalue weighted by atomic mass is 10.1. The zero-order chi connectivity index (χ0) is 15.9. The first-order valence-electron chi connectivity index (χ1n) is 6.88. The van der Waals surface area contributed by atoms with Gasteiger partial charge in [0.1, 0.15) is 6.04 Å². The maximum Gasteiger partial charge on any atom is 0.326 e. The van der Waals surface area contributed by atoms with E-state index in [4.69, 9.17) is 5.26 Å². The Morgan fingerprint density at radius 2 is 2.09 bits per heavy atom. The number of hydrogen-bond donors (Lipinski definition) is 2. The summed E-state index contributed by atoms with van der Waals surface area (Å²) in [7, 11) is 0. The van der Waals surface area contributed by atoms with Crippen LogP contribution in [0.2, 0.25) is 0 Å². The normalized spacial score (nSPS) is 11.6. The fourth-order valence-corrected chi connectivity index (χ4v) is 2.17. The Morgan fingerprint density at radius 3 is 2.82 bits per heavy atom. The number of benzene rings is 1. The third-order valence-corrected chi connectivity index (χ3v) is 3.28. The lowest BCUT2D eigenvalue weighted by Crippen LogP contribution is -2.40. The molecule has 0 saturated carbocycles. The van der Waals surface area contributed by atoms with Gasteiger partial charge in [-0.05, 0) is 25.0 Å². The maximum absolute atomic E-state index is 12.3. The predicted octanol–water partition coefficient (Wildman–Crippen LogP) is 2.11. The third-order valence-electron chi connectivity index (χ3n) is 3.28. The number of para-hydroxylation sites is 1. The van der Waals surface area contributed by atoms with Crippen molar-refractivity contribution >= 4 is 22.8 Å². The number of rotatable bonds is 6. The van der Waals surface area contributed by atoms with Gasteiger partial charge in [-0.3, -0.25) is 9.78 Å². The van der Waals surface area contributed by atoms with Gasteiger partial charge in [0, 0.05) is 18.0 Å². The number of unbranched alkanes of at least 4 members (excludes halogenated alkanes) is 1. The quantitative estimate of drug-likeness (QED) is 0.795. The van der Waals surface area contributed by atoms with E-state index < -0.39 is 17.9 Å². The fourth-order valence-electron chi connectivity index (χ4n) is 2.17. The largest absolute Gasteiger partial charge is 0.480 e. The smallest absolute Gasteiger partial charge is 0.326 e. The summed E-state index contributed by atoms with van der Waals surface area (Å²) in [4.78, 5) is 27.7. The van der Waals surface area contributed by atoms with E-state index in [1.54, 1.807) is 24.3 Å². The van der Waals surface area contributed by atoms with Gasteiger partial charge in [-0.1, -0.05) is 18.2 Å². The summed E-state index contributed by atoms with van der Waals surface area (Å²) in [5.74, 6) is -1.56. The van der Waals surface area contributed by atoms with Crippen LogP contribution in [0.4, 0.5) is 0 Å². The molecule has 0 aliphatic heterocycles. The summed E-state index contributed by atoms with van der Waals surface area (Å²) >= 11 is 0. The number of carbonyl (C=O) groups is 2. The molecule has 6 nitrogen and oxygen atoms in total. The highest BCUT2D eigenvalue weighted by atomic mass is 16.4. The summed E-state index contributed by atoms with van der Waals surface area (Å²) in [6.45, 7) is 0. The van der Waals surface area contributed by atoms with Gasteiger partial charge in [0.25, 0.3) is 5.91 Å². The average molecular weight is 297 g/mol. The predicted molar refractivity (Wildman–Crippen MR) is 80.1 cm³/mol. The molecule has 112 valence electrons. The van der Waals surface area contributed by atoms with Crippen molar-refractivity contribution < 1.29 is 14.7 Å². The Kier molecular flexibility index (Phi) is 5.04. The molecule has 0 aliphatic rings. The Balaban J connectivity index is 2.19. The molecule has 1 amide bonds. The number of pyridine rings is 1. The summed E-state index contributed by atoms with van der Waals surface area (Å²) in [6, 6.07) is 9.68. The van der Waals surface area contributed by atoms with Crippen molar-refractivity contribution in [2.24, 2.45) is 0 Å². The molecule has 1 heterocycles. The molecule has 0 unspecified atom stereocenters. The summed E-state index contributed by atoms with van der Waals surface area (Å²) in [5, 5.41) is 20.9. The molecule has 22 heavy (non-hydrogen) atoms. The Morgan fingerprint density at radius 1 is 1.32 bits per heavy atom. The van der Waals surface area contributed by atoms with Crippen LogP contribution in [0.15, 0.2) is 36.5 Å². The van der Waals surface area contributed by atoms with E-state index in [2.05, 4.69) is 10.3 Å². The monoisotopic (exact) mass is 297 g/mol. The number of fused-ring (bicyclic) bond motifs is 1. The zero-order valence-electron chi connectivity index (χ0n) is 11.8. The molecule has 1 aromatic carbocycles. The van der Waals surface area contributed by atoms with Gasteiger partial charge in [-0.15, -0.1) is 0 Å². The van der Waals surface area contributed by atoms with Crippen molar-refractivity contribution in [3.63, 3.8) is 0 Å². The van der Waals surface area contributed by atoms with Crippen LogP contribution in [0.3, 0.4) is 0 Å². The number of carbonyl (C=O) groups excluding carboxylic acids is 1. The molecular weight excluding hydrogens is 282 g/mol. The number of nitrogens with zero attached hydrogens (tertiary/aromatic N) is 2. The van der Waals surface area contributed by atoms with Crippen molar-refractivity contribution in [2.75, 3.05) is 0 Å². The highest BCUT2D eigenvalue weighted by Crippen LogP contribution is 2.16. The van der Waals surface area contributed by atoms with E-state index in [9.17, 15) is 14.7 Å². The molecule has 1 aromatic heterocycles. The first-order chi connectivity index (χ1) is 10.6. The van der Waals surface area contributed by atoms with E-state index in [0.29, 0.717) is 22.9 Å². The van der Waals surface area contributed by atoms with Gasteiger partial charge in [-0.2, -0.15) is 5.26 Å². The van der Waals surface area contributed by atoms with Gasteiger partial charge in [0.2, 0.25) is 0 Å². The van der Waals surface area contributed by atoms with Crippen LogP contribution in [0, 0.1) is 11.3 Å². The topological polar surface area (TPSA) is 103 Å². The molecule has 2 rings (SSSR count). The number of aromatic nitrogens is 1. The second-order valence-electron chi connectivity index (χ2n) is 4.79. The van der Waals surface area contributed by atoms with Crippen LogP contribution >= 0.6 is 0 Å². The van der Waals surface area contributed by atoms with E-state index in [1.807, 2.05) is 12.1 Å². The molecule has 0 saturated heterocycles. The van der Waals surface area contributed by atoms with Gasteiger partial charge in [0.05, 0.1) is 17.1 Å². The standard InChI is InChI=1S/C16H15N3O3/c17-9-4-3-7-14(16(21)22)19-15(20)12-8-10-18-13-6-2-1-5-11(12)13/h1-2,5-6,8,10,14H,3-4,7H2,(H,19,20)(H,21,22)/t14-/m1/s1. The average Bonchev–Trinajstić information content (AvgIpc) is 2.53. The van der Waals surface area contributed by atoms with Gasteiger partial charge < -0.3 is 10.4 Å². The van der Waals surface area contributed by atoms with Crippen molar-refractivity contribution in [1.82, 2.24) is 10.3 Å². The Hall–Kier alpha value is -2.94. The van der Waals surface area contributed by atoms with Crippen molar-refractivity contribution in [3.8, 4) is 6.07 Å². The van der Waals surface area contributed by atoms with E-state index in [-0.39, 0.29) is 12.8 Å². The SMILES string of the molecule is N#CCCC[C@@H](NC(=O)c1ccnc2ccccc12)C(=O)O. The molecular formula is C16H15N3O3. The molecule has 0 fully saturated rings.